The topological polar surface area (TPSA) is 80.5 Å². The van der Waals surface area contributed by atoms with E-state index in [-0.39, 0.29) is 11.9 Å². The fourth-order valence-corrected chi connectivity index (χ4v) is 3.06. The van der Waals surface area contributed by atoms with E-state index in [0.717, 1.165) is 17.0 Å². The Labute approximate surface area is 156 Å². The van der Waals surface area contributed by atoms with Gasteiger partial charge in [0.1, 0.15) is 11.4 Å². The van der Waals surface area contributed by atoms with Gasteiger partial charge in [0, 0.05) is 32.2 Å². The van der Waals surface area contributed by atoms with E-state index in [9.17, 15) is 4.79 Å². The van der Waals surface area contributed by atoms with Crippen LogP contribution in [0.3, 0.4) is 0 Å². The molecule has 27 heavy (non-hydrogen) atoms. The van der Waals surface area contributed by atoms with E-state index in [4.69, 9.17) is 0 Å². The van der Waals surface area contributed by atoms with E-state index >= 15 is 0 Å². The quantitative estimate of drug-likeness (QED) is 0.555. The van der Waals surface area contributed by atoms with E-state index < -0.39 is 0 Å². The monoisotopic (exact) mass is 360 g/mol. The van der Waals surface area contributed by atoms with E-state index in [1.165, 1.54) is 0 Å². The van der Waals surface area contributed by atoms with Crippen molar-refractivity contribution in [2.45, 2.75) is 12.6 Å². The largest absolute Gasteiger partial charge is 0.349 e. The number of nitrogens with one attached hydrogen (secondary N) is 2. The molecule has 3 aromatic heterocycles. The van der Waals surface area contributed by atoms with Crippen LogP contribution in [0.1, 0.15) is 22.1 Å². The van der Waals surface area contributed by atoms with Crippen LogP contribution in [0.2, 0.25) is 0 Å². The number of carbonyl (C=O) groups excluding carboxylic acids is 1. The van der Waals surface area contributed by atoms with Crippen molar-refractivity contribution in [3.8, 4) is 11.4 Å². The summed E-state index contributed by atoms with van der Waals surface area (Å²) in [4.78, 5) is 16.9. The van der Waals surface area contributed by atoms with Crippen molar-refractivity contribution in [1.82, 2.24) is 29.6 Å². The molecule has 2 N–H and O–H groups in total. The Balaban J connectivity index is 1.55. The van der Waals surface area contributed by atoms with Crippen LogP contribution in [0.25, 0.3) is 11.4 Å². The van der Waals surface area contributed by atoms with E-state index in [0.29, 0.717) is 12.2 Å². The molecule has 1 aromatic carbocycles. The van der Waals surface area contributed by atoms with Crippen LogP contribution in [0.4, 0.5) is 0 Å². The molecule has 0 saturated carbocycles. The van der Waals surface area contributed by atoms with E-state index in [1.807, 2.05) is 71.0 Å². The van der Waals surface area contributed by atoms with Crippen molar-refractivity contribution in [2.75, 3.05) is 0 Å². The fraction of sp³-hybridized carbons (Fsp3) is 0.150. The summed E-state index contributed by atoms with van der Waals surface area (Å²) in [7, 11) is 1.94. The molecule has 3 heterocycles. The lowest BCUT2D eigenvalue weighted by atomic mass is 10.1. The number of benzene rings is 1. The number of aryl methyl sites for hydroxylation is 1. The summed E-state index contributed by atoms with van der Waals surface area (Å²) in [6, 6.07) is 15.4. The highest BCUT2D eigenvalue weighted by Crippen LogP contribution is 2.19. The van der Waals surface area contributed by atoms with Gasteiger partial charge in [0.25, 0.3) is 5.91 Å². The van der Waals surface area contributed by atoms with Crippen molar-refractivity contribution < 1.29 is 4.79 Å². The lowest BCUT2D eigenvalue weighted by Crippen LogP contribution is -2.31. The second-order valence-corrected chi connectivity index (χ2v) is 6.37. The Kier molecular flexibility index (Phi) is 4.57. The van der Waals surface area contributed by atoms with Gasteiger partial charge in [-0.05, 0) is 23.8 Å². The number of hydrogen-bond donors (Lipinski definition) is 2. The molecule has 0 saturated heterocycles. The molecular formula is C20H20N6O. The average molecular weight is 360 g/mol. The molecule has 4 rings (SSSR count). The molecule has 7 heteroatoms. The molecule has 136 valence electrons. The smallest absolute Gasteiger partial charge is 0.269 e. The number of nitrogens with zero attached hydrogens (tertiary/aromatic N) is 4. The Morgan fingerprint density at radius 3 is 2.74 bits per heavy atom. The van der Waals surface area contributed by atoms with Gasteiger partial charge in [0.2, 0.25) is 0 Å². The molecule has 0 radical (unpaired) electrons. The SMILES string of the molecule is Cn1cccc1-c1cc(C(=O)N[C@H](Cn2ccnc2)c2ccccc2)[nH]n1. The minimum atomic E-state index is -0.197. The second-order valence-electron chi connectivity index (χ2n) is 6.37. The first kappa shape index (κ1) is 16.8. The summed E-state index contributed by atoms with van der Waals surface area (Å²) in [6.07, 6.45) is 7.29. The number of amides is 1. The highest BCUT2D eigenvalue weighted by atomic mass is 16.2. The normalized spacial score (nSPS) is 12.0. The highest BCUT2D eigenvalue weighted by molar-refractivity contribution is 5.93. The van der Waals surface area contributed by atoms with Crippen molar-refractivity contribution in [3.05, 3.63) is 84.7 Å². The number of imidazole rings is 1. The molecule has 0 fully saturated rings. The fourth-order valence-electron chi connectivity index (χ4n) is 3.06. The number of hydrogen-bond acceptors (Lipinski definition) is 3. The molecular weight excluding hydrogens is 340 g/mol. The minimum Gasteiger partial charge on any atom is -0.349 e. The second kappa shape index (κ2) is 7.33. The Morgan fingerprint density at radius 2 is 2.04 bits per heavy atom. The third-order valence-electron chi connectivity index (χ3n) is 4.49. The van der Waals surface area contributed by atoms with Crippen molar-refractivity contribution in [3.63, 3.8) is 0 Å². The third-order valence-corrected chi connectivity index (χ3v) is 4.49. The van der Waals surface area contributed by atoms with Crippen LogP contribution in [-0.4, -0.2) is 30.2 Å². The molecule has 1 amide bonds. The van der Waals surface area contributed by atoms with Crippen LogP contribution in [0.5, 0.6) is 0 Å². The number of aromatic amines is 1. The Morgan fingerprint density at radius 1 is 1.19 bits per heavy atom. The summed E-state index contributed by atoms with van der Waals surface area (Å²) in [5.74, 6) is -0.197. The average Bonchev–Trinajstić information content (AvgIpc) is 3.43. The van der Waals surface area contributed by atoms with Gasteiger partial charge >= 0.3 is 0 Å². The zero-order valence-electron chi connectivity index (χ0n) is 14.9. The third kappa shape index (κ3) is 3.67. The molecule has 0 spiro atoms. The molecule has 0 aliphatic heterocycles. The van der Waals surface area contributed by atoms with Crippen LogP contribution < -0.4 is 5.32 Å². The molecule has 0 bridgehead atoms. The highest BCUT2D eigenvalue weighted by Gasteiger charge is 2.18. The van der Waals surface area contributed by atoms with Crippen LogP contribution >= 0.6 is 0 Å². The number of aromatic nitrogens is 5. The van der Waals surface area contributed by atoms with Gasteiger partial charge in [-0.1, -0.05) is 30.3 Å². The zero-order valence-corrected chi connectivity index (χ0v) is 14.9. The van der Waals surface area contributed by atoms with Crippen molar-refractivity contribution in [1.29, 1.82) is 0 Å². The molecule has 7 nitrogen and oxygen atoms in total. The molecule has 4 aromatic rings. The van der Waals surface area contributed by atoms with Crippen molar-refractivity contribution in [2.24, 2.45) is 7.05 Å². The van der Waals surface area contributed by atoms with Crippen LogP contribution in [0, 0.1) is 0 Å². The first-order valence-electron chi connectivity index (χ1n) is 8.69. The summed E-state index contributed by atoms with van der Waals surface area (Å²) in [5.41, 5.74) is 3.14. The van der Waals surface area contributed by atoms with Gasteiger partial charge in [-0.2, -0.15) is 5.10 Å². The van der Waals surface area contributed by atoms with Gasteiger partial charge in [0.05, 0.1) is 18.1 Å². The number of carbonyl (C=O) groups is 1. The van der Waals surface area contributed by atoms with Gasteiger partial charge in [-0.3, -0.25) is 9.89 Å². The predicted octanol–water partition coefficient (Wildman–Crippen LogP) is 2.78. The lowest BCUT2D eigenvalue weighted by Gasteiger charge is -2.19. The van der Waals surface area contributed by atoms with E-state index in [2.05, 4.69) is 20.5 Å². The number of H-pyrrole nitrogens is 1. The van der Waals surface area contributed by atoms with Crippen LogP contribution in [-0.2, 0) is 13.6 Å². The predicted molar refractivity (Wildman–Crippen MR) is 102 cm³/mol. The van der Waals surface area contributed by atoms with Gasteiger partial charge in [-0.25, -0.2) is 4.98 Å². The maximum Gasteiger partial charge on any atom is 0.269 e. The Hall–Kier alpha value is -3.61. The zero-order chi connectivity index (χ0) is 18.6. The minimum absolute atomic E-state index is 0.185. The van der Waals surface area contributed by atoms with Gasteiger partial charge in [0.15, 0.2) is 0 Å². The van der Waals surface area contributed by atoms with Crippen molar-refractivity contribution >= 4 is 5.91 Å². The molecule has 0 aliphatic rings. The lowest BCUT2D eigenvalue weighted by molar-refractivity contribution is 0.0927. The standard InChI is InChI=1S/C20H20N6O/c1-25-10-5-8-19(25)16-12-17(24-23-16)20(27)22-18(13-26-11-9-21-14-26)15-6-3-2-4-7-15/h2-12,14,18H,13H2,1H3,(H,22,27)(H,23,24)/t18-/m1/s1. The maximum absolute atomic E-state index is 12.8. The van der Waals surface area contributed by atoms with Gasteiger partial charge < -0.3 is 14.5 Å². The molecule has 0 unspecified atom stereocenters. The summed E-state index contributed by atoms with van der Waals surface area (Å²) < 4.78 is 3.91. The summed E-state index contributed by atoms with van der Waals surface area (Å²) in [5, 5.41) is 10.2. The van der Waals surface area contributed by atoms with Crippen LogP contribution in [0.15, 0.2) is 73.4 Å². The molecule has 0 aliphatic carbocycles. The summed E-state index contributed by atoms with van der Waals surface area (Å²) >= 11 is 0. The maximum atomic E-state index is 12.8. The van der Waals surface area contributed by atoms with Gasteiger partial charge in [-0.15, -0.1) is 0 Å². The Bertz CT molecular complexity index is 1020. The number of rotatable bonds is 6. The summed E-state index contributed by atoms with van der Waals surface area (Å²) in [6.45, 7) is 0.592. The molecule has 1 atom stereocenters. The first-order chi connectivity index (χ1) is 13.2. The van der Waals surface area contributed by atoms with E-state index in [1.54, 1.807) is 18.6 Å². The first-order valence-corrected chi connectivity index (χ1v) is 8.69.